The Bertz CT molecular complexity index is 426. The van der Waals surface area contributed by atoms with E-state index in [-0.39, 0.29) is 12.3 Å². The lowest BCUT2D eigenvalue weighted by Gasteiger charge is -2.23. The number of aromatic carboxylic acids is 1. The minimum atomic E-state index is -1.19. The van der Waals surface area contributed by atoms with Crippen molar-refractivity contribution in [1.82, 2.24) is 10.1 Å². The lowest BCUT2D eigenvalue weighted by atomic mass is 10.1. The highest BCUT2D eigenvalue weighted by Crippen LogP contribution is 2.21. The summed E-state index contributed by atoms with van der Waals surface area (Å²) in [6.07, 6.45) is 0.467. The van der Waals surface area contributed by atoms with Gasteiger partial charge in [-0.3, -0.25) is 0 Å². The van der Waals surface area contributed by atoms with Gasteiger partial charge < -0.3 is 20.3 Å². The molecule has 80 valence electrons. The number of carboxylic acid groups (broad SMARTS) is 1. The van der Waals surface area contributed by atoms with Crippen LogP contribution in [-0.2, 0) is 13.0 Å². The topological polar surface area (TPSA) is 110 Å². The Morgan fingerprint density at radius 1 is 1.53 bits per heavy atom. The van der Waals surface area contributed by atoms with Crippen LogP contribution in [0.4, 0.5) is 4.79 Å². The quantitative estimate of drug-likeness (QED) is 0.668. The summed E-state index contributed by atoms with van der Waals surface area (Å²) < 4.78 is 4.68. The van der Waals surface area contributed by atoms with Gasteiger partial charge in [0.05, 0.1) is 12.2 Å². The first kappa shape index (κ1) is 9.50. The molecule has 0 spiro atoms. The number of urea groups is 1. The molecule has 1 aromatic heterocycles. The second kappa shape index (κ2) is 3.26. The zero-order valence-electron chi connectivity index (χ0n) is 7.77. The number of hydrogen-bond acceptors (Lipinski definition) is 4. The summed E-state index contributed by atoms with van der Waals surface area (Å²) >= 11 is 0. The number of nitrogens with zero attached hydrogens (tertiary/aromatic N) is 2. The largest absolute Gasteiger partial charge is 0.475 e. The molecule has 0 fully saturated rings. The van der Waals surface area contributed by atoms with Gasteiger partial charge in [-0.2, -0.15) is 0 Å². The van der Waals surface area contributed by atoms with Crippen molar-refractivity contribution in [2.24, 2.45) is 5.73 Å². The molecule has 1 aliphatic heterocycles. The van der Waals surface area contributed by atoms with Gasteiger partial charge in [-0.15, -0.1) is 0 Å². The van der Waals surface area contributed by atoms with E-state index in [4.69, 9.17) is 10.8 Å². The number of amides is 2. The Labute approximate surface area is 84.4 Å². The highest BCUT2D eigenvalue weighted by atomic mass is 16.5. The average Bonchev–Trinajstić information content (AvgIpc) is 2.59. The molecule has 1 aliphatic rings. The van der Waals surface area contributed by atoms with Gasteiger partial charge in [0, 0.05) is 18.5 Å². The minimum Gasteiger partial charge on any atom is -0.475 e. The van der Waals surface area contributed by atoms with E-state index in [1.807, 2.05) is 0 Å². The van der Waals surface area contributed by atoms with Crippen molar-refractivity contribution in [1.29, 1.82) is 0 Å². The fourth-order valence-electron chi connectivity index (χ4n) is 1.57. The summed E-state index contributed by atoms with van der Waals surface area (Å²) in [6, 6.07) is -0.571. The van der Waals surface area contributed by atoms with Gasteiger partial charge in [-0.1, -0.05) is 5.16 Å². The molecular formula is C8H9N3O4. The Morgan fingerprint density at radius 3 is 2.87 bits per heavy atom. The fourth-order valence-corrected chi connectivity index (χ4v) is 1.57. The van der Waals surface area contributed by atoms with Gasteiger partial charge in [0.1, 0.15) is 0 Å². The number of aromatic nitrogens is 1. The molecule has 2 amide bonds. The molecule has 0 bridgehead atoms. The number of carbonyl (C=O) groups excluding carboxylic acids is 1. The number of rotatable bonds is 1. The van der Waals surface area contributed by atoms with Crippen LogP contribution < -0.4 is 5.73 Å². The number of primary amides is 1. The summed E-state index contributed by atoms with van der Waals surface area (Å²) in [7, 11) is 0. The summed E-state index contributed by atoms with van der Waals surface area (Å²) in [6.45, 7) is 0.587. The van der Waals surface area contributed by atoms with Crippen LogP contribution in [0.2, 0.25) is 0 Å². The SMILES string of the molecule is NC(=O)N1CCc2noc(C(=O)O)c2C1. The van der Waals surface area contributed by atoms with Gasteiger partial charge in [0.25, 0.3) is 0 Å². The molecule has 0 aromatic carbocycles. The second-order valence-electron chi connectivity index (χ2n) is 3.25. The Balaban J connectivity index is 2.34. The van der Waals surface area contributed by atoms with Crippen LogP contribution in [-0.4, -0.2) is 33.7 Å². The van der Waals surface area contributed by atoms with Crippen LogP contribution in [0.5, 0.6) is 0 Å². The molecule has 0 radical (unpaired) electrons. The molecule has 15 heavy (non-hydrogen) atoms. The molecule has 0 saturated carbocycles. The third kappa shape index (κ3) is 1.51. The van der Waals surface area contributed by atoms with Crippen molar-refractivity contribution in [3.63, 3.8) is 0 Å². The van der Waals surface area contributed by atoms with E-state index in [2.05, 4.69) is 9.68 Å². The maximum Gasteiger partial charge on any atom is 0.375 e. The first-order valence-electron chi connectivity index (χ1n) is 4.34. The molecule has 0 atom stereocenters. The Kier molecular flexibility index (Phi) is 2.07. The van der Waals surface area contributed by atoms with Crippen molar-refractivity contribution in [3.05, 3.63) is 17.0 Å². The lowest BCUT2D eigenvalue weighted by Crippen LogP contribution is -2.39. The van der Waals surface area contributed by atoms with Crippen molar-refractivity contribution in [2.75, 3.05) is 6.54 Å². The highest BCUT2D eigenvalue weighted by Gasteiger charge is 2.28. The van der Waals surface area contributed by atoms with E-state index in [1.165, 1.54) is 4.90 Å². The van der Waals surface area contributed by atoms with E-state index >= 15 is 0 Å². The predicted octanol–water partition coefficient (Wildman–Crippen LogP) is -0.190. The smallest absolute Gasteiger partial charge is 0.375 e. The average molecular weight is 211 g/mol. The molecule has 7 heteroatoms. The maximum absolute atomic E-state index is 10.9. The summed E-state index contributed by atoms with van der Waals surface area (Å²) in [5.41, 5.74) is 6.13. The van der Waals surface area contributed by atoms with Crippen LogP contribution in [0.1, 0.15) is 21.8 Å². The molecule has 0 aliphatic carbocycles. The normalized spacial score (nSPS) is 14.8. The lowest BCUT2D eigenvalue weighted by molar-refractivity contribution is 0.0649. The van der Waals surface area contributed by atoms with Gasteiger partial charge in [0.2, 0.25) is 5.76 Å². The van der Waals surface area contributed by atoms with Gasteiger partial charge >= 0.3 is 12.0 Å². The zero-order chi connectivity index (χ0) is 11.0. The molecule has 2 rings (SSSR count). The van der Waals surface area contributed by atoms with Crippen molar-refractivity contribution in [2.45, 2.75) is 13.0 Å². The number of carboxylic acids is 1. The first-order valence-corrected chi connectivity index (χ1v) is 4.34. The third-order valence-corrected chi connectivity index (χ3v) is 2.34. The van der Waals surface area contributed by atoms with Crippen molar-refractivity contribution >= 4 is 12.0 Å². The van der Waals surface area contributed by atoms with Crippen LogP contribution in [0, 0.1) is 0 Å². The van der Waals surface area contributed by atoms with Crippen LogP contribution in [0.3, 0.4) is 0 Å². The maximum atomic E-state index is 10.9. The molecule has 3 N–H and O–H groups in total. The van der Waals surface area contributed by atoms with E-state index in [9.17, 15) is 9.59 Å². The van der Waals surface area contributed by atoms with Crippen molar-refractivity contribution < 1.29 is 19.2 Å². The van der Waals surface area contributed by atoms with E-state index < -0.39 is 12.0 Å². The van der Waals surface area contributed by atoms with E-state index in [0.717, 1.165) is 0 Å². The Morgan fingerprint density at radius 2 is 2.27 bits per heavy atom. The third-order valence-electron chi connectivity index (χ3n) is 2.34. The van der Waals surface area contributed by atoms with Gasteiger partial charge in [0.15, 0.2) is 0 Å². The van der Waals surface area contributed by atoms with Gasteiger partial charge in [-0.25, -0.2) is 9.59 Å². The van der Waals surface area contributed by atoms with Crippen LogP contribution in [0.15, 0.2) is 4.52 Å². The van der Waals surface area contributed by atoms with E-state index in [1.54, 1.807) is 0 Å². The monoisotopic (exact) mass is 211 g/mol. The summed E-state index contributed by atoms with van der Waals surface area (Å²) in [4.78, 5) is 23.0. The Hall–Kier alpha value is -2.05. The number of carbonyl (C=O) groups is 2. The standard InChI is InChI=1S/C8H9N3O4/c9-8(14)11-2-1-5-4(3-11)6(7(12)13)15-10-5/h1-3H2,(H2,9,14)(H,12,13). The number of hydrogen-bond donors (Lipinski definition) is 2. The predicted molar refractivity (Wildman–Crippen MR) is 47.2 cm³/mol. The minimum absolute atomic E-state index is 0.149. The van der Waals surface area contributed by atoms with Crippen molar-refractivity contribution in [3.8, 4) is 0 Å². The fraction of sp³-hybridized carbons (Fsp3) is 0.375. The summed E-state index contributed by atoms with van der Waals surface area (Å²) in [5.74, 6) is -1.40. The molecule has 7 nitrogen and oxygen atoms in total. The molecule has 2 heterocycles. The van der Waals surface area contributed by atoms with E-state index in [0.29, 0.717) is 24.2 Å². The zero-order valence-corrected chi connectivity index (χ0v) is 7.77. The molecule has 0 unspecified atom stereocenters. The first-order chi connectivity index (χ1) is 7.09. The van der Waals surface area contributed by atoms with Gasteiger partial charge in [-0.05, 0) is 0 Å². The molecule has 1 aromatic rings. The van der Waals surface area contributed by atoms with Crippen LogP contribution >= 0.6 is 0 Å². The second-order valence-corrected chi connectivity index (χ2v) is 3.25. The molecular weight excluding hydrogens is 202 g/mol. The van der Waals surface area contributed by atoms with Crippen LogP contribution in [0.25, 0.3) is 0 Å². The highest BCUT2D eigenvalue weighted by molar-refractivity contribution is 5.86. The molecule has 0 saturated heterocycles. The summed E-state index contributed by atoms with van der Waals surface area (Å²) in [5, 5.41) is 12.4. The number of fused-ring (bicyclic) bond motifs is 1. The number of nitrogens with two attached hydrogens (primary N) is 1.